The minimum atomic E-state index is -1.04. The molecule has 112 valence electrons. The van der Waals surface area contributed by atoms with E-state index in [1.807, 2.05) is 19.9 Å². The van der Waals surface area contributed by atoms with Gasteiger partial charge in [-0.25, -0.2) is 4.79 Å². The topological polar surface area (TPSA) is 59.7 Å². The lowest BCUT2D eigenvalue weighted by Crippen LogP contribution is -2.00. The van der Waals surface area contributed by atoms with Crippen LogP contribution in [0.1, 0.15) is 28.1 Å². The van der Waals surface area contributed by atoms with E-state index in [0.29, 0.717) is 11.7 Å². The average molecular weight is 306 g/mol. The van der Waals surface area contributed by atoms with Crippen molar-refractivity contribution < 1.29 is 19.1 Å². The molecule has 4 nitrogen and oxygen atoms in total. The molecule has 0 saturated heterocycles. The number of ether oxygens (including phenoxy) is 1. The number of aryl methyl sites for hydroxylation is 2. The van der Waals surface area contributed by atoms with Crippen LogP contribution in [0.2, 0.25) is 0 Å². The van der Waals surface area contributed by atoms with E-state index < -0.39 is 5.97 Å². The Kier molecular flexibility index (Phi) is 5.33. The van der Waals surface area contributed by atoms with E-state index >= 15 is 0 Å². The van der Waals surface area contributed by atoms with Gasteiger partial charge in [-0.1, -0.05) is 23.9 Å². The Hall–Kier alpha value is -1.88. The largest absolute Gasteiger partial charge is 0.493 e. The van der Waals surface area contributed by atoms with Crippen LogP contribution in [0, 0.1) is 13.8 Å². The van der Waals surface area contributed by atoms with E-state index in [0.717, 1.165) is 23.5 Å². The SMILES string of the molecule is Cc1ccc(C)c(OCCCSc2ccc(C(=O)O)o2)c1. The van der Waals surface area contributed by atoms with Gasteiger partial charge >= 0.3 is 5.97 Å². The minimum absolute atomic E-state index is 0.0239. The van der Waals surface area contributed by atoms with Crippen molar-refractivity contribution in [3.8, 4) is 5.75 Å². The van der Waals surface area contributed by atoms with Crippen LogP contribution in [0.15, 0.2) is 39.8 Å². The Balaban J connectivity index is 1.72. The third-order valence-corrected chi connectivity index (χ3v) is 3.92. The average Bonchev–Trinajstić information content (AvgIpc) is 2.91. The summed E-state index contributed by atoms with van der Waals surface area (Å²) in [5.41, 5.74) is 2.31. The highest BCUT2D eigenvalue weighted by Crippen LogP contribution is 2.23. The maximum absolute atomic E-state index is 10.7. The first kappa shape index (κ1) is 15.5. The van der Waals surface area contributed by atoms with Crippen LogP contribution < -0.4 is 4.74 Å². The zero-order valence-electron chi connectivity index (χ0n) is 12.1. The molecule has 2 aromatic rings. The van der Waals surface area contributed by atoms with Gasteiger partial charge in [0, 0.05) is 5.75 Å². The van der Waals surface area contributed by atoms with E-state index in [9.17, 15) is 4.79 Å². The fourth-order valence-corrected chi connectivity index (χ4v) is 2.57. The van der Waals surface area contributed by atoms with Crippen LogP contribution in [0.3, 0.4) is 0 Å². The predicted octanol–water partition coefficient (Wildman–Crippen LogP) is 4.16. The van der Waals surface area contributed by atoms with Gasteiger partial charge in [0.25, 0.3) is 0 Å². The normalized spacial score (nSPS) is 10.6. The van der Waals surface area contributed by atoms with Crippen LogP contribution in [0.4, 0.5) is 0 Å². The van der Waals surface area contributed by atoms with Gasteiger partial charge in [0.1, 0.15) is 5.75 Å². The summed E-state index contributed by atoms with van der Waals surface area (Å²) < 4.78 is 10.9. The van der Waals surface area contributed by atoms with Crippen LogP contribution in [-0.2, 0) is 0 Å². The quantitative estimate of drug-likeness (QED) is 0.615. The lowest BCUT2D eigenvalue weighted by Gasteiger charge is -2.09. The minimum Gasteiger partial charge on any atom is -0.493 e. The van der Waals surface area contributed by atoms with Crippen molar-refractivity contribution >= 4 is 17.7 Å². The molecule has 0 radical (unpaired) electrons. The molecule has 1 aromatic carbocycles. The van der Waals surface area contributed by atoms with Gasteiger partial charge in [-0.3, -0.25) is 0 Å². The molecule has 0 aliphatic rings. The van der Waals surface area contributed by atoms with Gasteiger partial charge in [0.15, 0.2) is 5.09 Å². The third kappa shape index (κ3) is 4.56. The molecule has 1 aromatic heterocycles. The van der Waals surface area contributed by atoms with E-state index in [4.69, 9.17) is 14.3 Å². The molecule has 0 amide bonds. The number of benzene rings is 1. The molecule has 0 unspecified atom stereocenters. The number of thioether (sulfide) groups is 1. The maximum atomic E-state index is 10.7. The van der Waals surface area contributed by atoms with Crippen molar-refractivity contribution in [3.05, 3.63) is 47.2 Å². The lowest BCUT2D eigenvalue weighted by atomic mass is 10.1. The standard InChI is InChI=1S/C16H18O4S/c1-11-4-5-12(2)14(10-11)19-8-3-9-21-15-7-6-13(20-15)16(17)18/h4-7,10H,3,8-9H2,1-2H3,(H,17,18). The number of aromatic carboxylic acids is 1. The maximum Gasteiger partial charge on any atom is 0.371 e. The molecule has 1 N–H and O–H groups in total. The second-order valence-electron chi connectivity index (χ2n) is 4.74. The molecule has 0 atom stereocenters. The van der Waals surface area contributed by atoms with Gasteiger partial charge in [0.2, 0.25) is 5.76 Å². The fraction of sp³-hybridized carbons (Fsp3) is 0.312. The van der Waals surface area contributed by atoms with E-state index in [1.165, 1.54) is 23.4 Å². The number of rotatable bonds is 7. The monoisotopic (exact) mass is 306 g/mol. The molecule has 0 fully saturated rings. The summed E-state index contributed by atoms with van der Waals surface area (Å²) in [4.78, 5) is 10.7. The molecule has 0 aliphatic carbocycles. The molecule has 0 saturated carbocycles. The first-order chi connectivity index (χ1) is 10.1. The van der Waals surface area contributed by atoms with Crippen LogP contribution in [0.5, 0.6) is 5.75 Å². The molecule has 5 heteroatoms. The van der Waals surface area contributed by atoms with E-state index in [2.05, 4.69) is 12.1 Å². The molecule has 0 bridgehead atoms. The smallest absolute Gasteiger partial charge is 0.371 e. The van der Waals surface area contributed by atoms with Crippen molar-refractivity contribution in [3.63, 3.8) is 0 Å². The number of carboxylic acids is 1. The van der Waals surface area contributed by atoms with Crippen molar-refractivity contribution in [2.45, 2.75) is 25.4 Å². The van der Waals surface area contributed by atoms with Crippen molar-refractivity contribution in [2.75, 3.05) is 12.4 Å². The summed E-state index contributed by atoms with van der Waals surface area (Å²) in [6.07, 6.45) is 0.862. The number of hydrogen-bond donors (Lipinski definition) is 1. The highest BCUT2D eigenvalue weighted by atomic mass is 32.2. The molecule has 0 aliphatic heterocycles. The number of carbonyl (C=O) groups is 1. The zero-order valence-corrected chi connectivity index (χ0v) is 12.9. The van der Waals surface area contributed by atoms with Gasteiger partial charge < -0.3 is 14.3 Å². The summed E-state index contributed by atoms with van der Waals surface area (Å²) in [5.74, 6) is 0.674. The third-order valence-electron chi connectivity index (χ3n) is 2.93. The fourth-order valence-electron chi connectivity index (χ4n) is 1.79. The summed E-state index contributed by atoms with van der Waals surface area (Å²) in [7, 11) is 0. The van der Waals surface area contributed by atoms with Gasteiger partial charge in [-0.05, 0) is 49.6 Å². The molecular weight excluding hydrogens is 288 g/mol. The summed E-state index contributed by atoms with van der Waals surface area (Å²) >= 11 is 1.49. The van der Waals surface area contributed by atoms with Crippen LogP contribution in [-0.4, -0.2) is 23.4 Å². The summed E-state index contributed by atoms with van der Waals surface area (Å²) in [6.45, 7) is 4.70. The van der Waals surface area contributed by atoms with E-state index in [1.54, 1.807) is 6.07 Å². The number of carboxylic acid groups (broad SMARTS) is 1. The molecular formula is C16H18O4S. The first-order valence-corrected chi connectivity index (χ1v) is 7.71. The van der Waals surface area contributed by atoms with Crippen molar-refractivity contribution in [1.82, 2.24) is 0 Å². The van der Waals surface area contributed by atoms with Crippen LogP contribution in [0.25, 0.3) is 0 Å². The highest BCUT2D eigenvalue weighted by Gasteiger charge is 2.08. The summed E-state index contributed by atoms with van der Waals surface area (Å²) in [5, 5.41) is 9.38. The van der Waals surface area contributed by atoms with Gasteiger partial charge in [-0.2, -0.15) is 0 Å². The molecule has 2 rings (SSSR count). The first-order valence-electron chi connectivity index (χ1n) is 6.72. The number of hydrogen-bond acceptors (Lipinski definition) is 4. The lowest BCUT2D eigenvalue weighted by molar-refractivity contribution is 0.0656. The van der Waals surface area contributed by atoms with E-state index in [-0.39, 0.29) is 5.76 Å². The van der Waals surface area contributed by atoms with Crippen molar-refractivity contribution in [1.29, 1.82) is 0 Å². The number of furan rings is 1. The van der Waals surface area contributed by atoms with Gasteiger partial charge in [-0.15, -0.1) is 0 Å². The molecule has 1 heterocycles. The van der Waals surface area contributed by atoms with Gasteiger partial charge in [0.05, 0.1) is 6.61 Å². The zero-order chi connectivity index (χ0) is 15.2. The molecule has 21 heavy (non-hydrogen) atoms. The van der Waals surface area contributed by atoms with Crippen molar-refractivity contribution in [2.24, 2.45) is 0 Å². The Labute approximate surface area is 128 Å². The highest BCUT2D eigenvalue weighted by molar-refractivity contribution is 7.99. The Morgan fingerprint density at radius 3 is 2.81 bits per heavy atom. The van der Waals surface area contributed by atoms with Crippen LogP contribution >= 0.6 is 11.8 Å². The Morgan fingerprint density at radius 2 is 2.10 bits per heavy atom. The molecule has 0 spiro atoms. The Morgan fingerprint density at radius 1 is 1.29 bits per heavy atom. The summed E-state index contributed by atoms with van der Waals surface area (Å²) in [6, 6.07) is 9.30. The second-order valence-corrected chi connectivity index (χ2v) is 5.84. The second kappa shape index (κ2) is 7.22. The predicted molar refractivity (Wildman–Crippen MR) is 82.4 cm³/mol. The Bertz CT molecular complexity index is 618.